The fourth-order valence-electron chi connectivity index (χ4n) is 1.73. The second-order valence-corrected chi connectivity index (χ2v) is 4.14. The van der Waals surface area contributed by atoms with Crippen molar-refractivity contribution in [2.45, 2.75) is 6.92 Å². The van der Waals surface area contributed by atoms with Crippen LogP contribution < -0.4 is 5.32 Å². The van der Waals surface area contributed by atoms with E-state index in [1.807, 2.05) is 0 Å². The second-order valence-electron chi connectivity index (χ2n) is 4.14. The molecule has 8 nitrogen and oxygen atoms in total. The number of benzene rings is 1. The third-order valence-electron chi connectivity index (χ3n) is 2.79. The van der Waals surface area contributed by atoms with Gasteiger partial charge in [-0.15, -0.1) is 0 Å². The van der Waals surface area contributed by atoms with Crippen LogP contribution in [0.15, 0.2) is 34.9 Å². The molecule has 2 N–H and O–H groups in total. The highest BCUT2D eigenvalue weighted by Crippen LogP contribution is 2.26. The molecule has 0 aliphatic rings. The van der Waals surface area contributed by atoms with Crippen molar-refractivity contribution in [2.75, 3.05) is 5.32 Å². The normalized spacial score (nSPS) is 10.1. The molecule has 108 valence electrons. The quantitative estimate of drug-likeness (QED) is 0.658. The zero-order valence-corrected chi connectivity index (χ0v) is 10.8. The number of carboxylic acid groups (broad SMARTS) is 1. The molecule has 0 aliphatic carbocycles. The van der Waals surface area contributed by atoms with Gasteiger partial charge in [0.25, 0.3) is 11.6 Å². The Labute approximate surface area is 118 Å². The second kappa shape index (κ2) is 5.45. The molecule has 1 aromatic heterocycles. The van der Waals surface area contributed by atoms with Crippen LogP contribution in [0.5, 0.6) is 0 Å². The van der Waals surface area contributed by atoms with Crippen molar-refractivity contribution in [3.8, 4) is 0 Å². The number of aromatic carboxylic acids is 1. The van der Waals surface area contributed by atoms with Crippen LogP contribution in [0.3, 0.4) is 0 Å². The average Bonchev–Trinajstić information content (AvgIpc) is 2.85. The fraction of sp³-hybridized carbons (Fsp3) is 0.0769. The molecular weight excluding hydrogens is 280 g/mol. The predicted molar refractivity (Wildman–Crippen MR) is 71.5 cm³/mol. The summed E-state index contributed by atoms with van der Waals surface area (Å²) in [5, 5.41) is 22.2. The maximum atomic E-state index is 12.0. The van der Waals surface area contributed by atoms with Crippen LogP contribution in [0.1, 0.15) is 26.5 Å². The van der Waals surface area contributed by atoms with Gasteiger partial charge in [0.2, 0.25) is 0 Å². The number of hydrogen-bond acceptors (Lipinski definition) is 5. The zero-order chi connectivity index (χ0) is 15.6. The largest absolute Gasteiger partial charge is 0.478 e. The highest BCUT2D eigenvalue weighted by atomic mass is 16.6. The van der Waals surface area contributed by atoms with E-state index >= 15 is 0 Å². The Bertz CT molecular complexity index is 734. The summed E-state index contributed by atoms with van der Waals surface area (Å²) in [6.45, 7) is 1.58. The molecule has 0 spiro atoms. The third kappa shape index (κ3) is 2.89. The van der Waals surface area contributed by atoms with E-state index in [4.69, 9.17) is 9.52 Å². The van der Waals surface area contributed by atoms with Gasteiger partial charge in [0.1, 0.15) is 11.4 Å². The first-order valence-corrected chi connectivity index (χ1v) is 5.77. The lowest BCUT2D eigenvalue weighted by atomic mass is 10.1. The smallest absolute Gasteiger partial charge is 0.335 e. The van der Waals surface area contributed by atoms with Crippen molar-refractivity contribution in [1.82, 2.24) is 0 Å². The van der Waals surface area contributed by atoms with Crippen molar-refractivity contribution in [3.05, 3.63) is 57.5 Å². The Morgan fingerprint density at radius 2 is 2.05 bits per heavy atom. The molecule has 0 saturated carbocycles. The monoisotopic (exact) mass is 290 g/mol. The number of nitrogens with one attached hydrogen (secondary N) is 1. The van der Waals surface area contributed by atoms with E-state index in [0.717, 1.165) is 6.07 Å². The number of nitro groups is 1. The predicted octanol–water partition coefficient (Wildman–Crippen LogP) is 2.45. The first kappa shape index (κ1) is 14.3. The summed E-state index contributed by atoms with van der Waals surface area (Å²) in [6, 6.07) is 4.67. The van der Waals surface area contributed by atoms with E-state index in [-0.39, 0.29) is 16.8 Å². The van der Waals surface area contributed by atoms with E-state index < -0.39 is 22.5 Å². The SMILES string of the molecule is Cc1occc1C(=O)Nc1ccc(C(=O)O)cc1[N+](=O)[O-]. The van der Waals surface area contributed by atoms with Gasteiger partial charge >= 0.3 is 5.97 Å². The van der Waals surface area contributed by atoms with Crippen LogP contribution in [-0.2, 0) is 0 Å². The number of nitrogens with zero attached hydrogens (tertiary/aromatic N) is 1. The fourth-order valence-corrected chi connectivity index (χ4v) is 1.73. The van der Waals surface area contributed by atoms with E-state index in [9.17, 15) is 19.7 Å². The van der Waals surface area contributed by atoms with Crippen LogP contribution in [0.2, 0.25) is 0 Å². The summed E-state index contributed by atoms with van der Waals surface area (Å²) >= 11 is 0. The van der Waals surface area contributed by atoms with E-state index in [1.165, 1.54) is 24.5 Å². The minimum absolute atomic E-state index is 0.0874. The number of carboxylic acids is 1. The van der Waals surface area contributed by atoms with Gasteiger partial charge in [-0.25, -0.2) is 4.79 Å². The maximum Gasteiger partial charge on any atom is 0.335 e. The molecule has 0 saturated heterocycles. The molecule has 0 unspecified atom stereocenters. The molecular formula is C13H10N2O6. The van der Waals surface area contributed by atoms with Gasteiger partial charge in [0.15, 0.2) is 0 Å². The van der Waals surface area contributed by atoms with Gasteiger partial charge in [0, 0.05) is 6.07 Å². The summed E-state index contributed by atoms with van der Waals surface area (Å²) in [6.07, 6.45) is 1.33. The number of carbonyl (C=O) groups is 2. The van der Waals surface area contributed by atoms with E-state index in [1.54, 1.807) is 6.92 Å². The number of rotatable bonds is 4. The molecule has 0 bridgehead atoms. The van der Waals surface area contributed by atoms with Gasteiger partial charge < -0.3 is 14.8 Å². The zero-order valence-electron chi connectivity index (χ0n) is 10.8. The number of hydrogen-bond donors (Lipinski definition) is 2. The molecule has 0 aliphatic heterocycles. The van der Waals surface area contributed by atoms with Gasteiger partial charge in [-0.1, -0.05) is 0 Å². The van der Waals surface area contributed by atoms with Crippen molar-refractivity contribution < 1.29 is 24.0 Å². The van der Waals surface area contributed by atoms with Crippen LogP contribution in [0, 0.1) is 17.0 Å². The first-order valence-electron chi connectivity index (χ1n) is 5.77. The van der Waals surface area contributed by atoms with E-state index in [2.05, 4.69) is 5.32 Å². The number of amides is 1. The lowest BCUT2D eigenvalue weighted by Gasteiger charge is -2.06. The molecule has 0 fully saturated rings. The van der Waals surface area contributed by atoms with Crippen molar-refractivity contribution in [1.29, 1.82) is 0 Å². The summed E-state index contributed by atoms with van der Waals surface area (Å²) in [7, 11) is 0. The lowest BCUT2D eigenvalue weighted by Crippen LogP contribution is -2.13. The van der Waals surface area contributed by atoms with Gasteiger partial charge in [0.05, 0.1) is 22.3 Å². The molecule has 21 heavy (non-hydrogen) atoms. The highest BCUT2D eigenvalue weighted by Gasteiger charge is 2.20. The number of aryl methyl sites for hydroxylation is 1. The van der Waals surface area contributed by atoms with Crippen LogP contribution in [0.25, 0.3) is 0 Å². The first-order chi connectivity index (χ1) is 9.90. The minimum Gasteiger partial charge on any atom is -0.478 e. The average molecular weight is 290 g/mol. The summed E-state index contributed by atoms with van der Waals surface area (Å²) in [5.41, 5.74) is -0.578. The Morgan fingerprint density at radius 1 is 1.33 bits per heavy atom. The molecule has 1 aromatic carbocycles. The van der Waals surface area contributed by atoms with E-state index in [0.29, 0.717) is 5.76 Å². The molecule has 1 heterocycles. The Balaban J connectivity index is 2.36. The number of anilines is 1. The molecule has 1 amide bonds. The molecule has 8 heteroatoms. The van der Waals surface area contributed by atoms with Crippen molar-refractivity contribution in [3.63, 3.8) is 0 Å². The topological polar surface area (TPSA) is 123 Å². The summed E-state index contributed by atoms with van der Waals surface area (Å²) in [4.78, 5) is 33.0. The van der Waals surface area contributed by atoms with Gasteiger partial charge in [-0.05, 0) is 25.1 Å². The Hall–Kier alpha value is -3.16. The van der Waals surface area contributed by atoms with Crippen molar-refractivity contribution in [2.24, 2.45) is 0 Å². The molecule has 2 rings (SSSR count). The van der Waals surface area contributed by atoms with Crippen LogP contribution in [-0.4, -0.2) is 21.9 Å². The minimum atomic E-state index is -1.29. The standard InChI is InChI=1S/C13H10N2O6/c1-7-9(4-5-21-7)12(16)14-10-3-2-8(13(17)18)6-11(10)15(19)20/h2-6H,1H3,(H,14,16)(H,17,18). The van der Waals surface area contributed by atoms with Crippen LogP contribution >= 0.6 is 0 Å². The van der Waals surface area contributed by atoms with Crippen molar-refractivity contribution >= 4 is 23.3 Å². The lowest BCUT2D eigenvalue weighted by molar-refractivity contribution is -0.383. The summed E-state index contributed by atoms with van der Waals surface area (Å²) in [5.74, 6) is -1.49. The highest BCUT2D eigenvalue weighted by molar-refractivity contribution is 6.06. The molecule has 0 radical (unpaired) electrons. The maximum absolute atomic E-state index is 12.0. The van der Waals surface area contributed by atoms with Gasteiger partial charge in [-0.2, -0.15) is 0 Å². The molecule has 0 atom stereocenters. The Kier molecular flexibility index (Phi) is 3.70. The third-order valence-corrected chi connectivity index (χ3v) is 2.79. The number of furan rings is 1. The van der Waals surface area contributed by atoms with Crippen LogP contribution in [0.4, 0.5) is 11.4 Å². The molecule has 2 aromatic rings. The Morgan fingerprint density at radius 3 is 2.57 bits per heavy atom. The number of nitro benzene ring substituents is 1. The number of carbonyl (C=O) groups excluding carboxylic acids is 1. The van der Waals surface area contributed by atoms with Gasteiger partial charge in [-0.3, -0.25) is 14.9 Å². The summed E-state index contributed by atoms with van der Waals surface area (Å²) < 4.78 is 4.98.